The number of hydrogen-bond donors (Lipinski definition) is 1. The van der Waals surface area contributed by atoms with Gasteiger partial charge in [0.2, 0.25) is 5.91 Å². The molecule has 1 heterocycles. The summed E-state index contributed by atoms with van der Waals surface area (Å²) in [4.78, 5) is 14.0. The predicted octanol–water partition coefficient (Wildman–Crippen LogP) is 2.64. The monoisotopic (exact) mass is 324 g/mol. The van der Waals surface area contributed by atoms with Crippen LogP contribution in [0, 0.1) is 6.92 Å². The van der Waals surface area contributed by atoms with E-state index in [2.05, 4.69) is 35.0 Å². The van der Waals surface area contributed by atoms with Gasteiger partial charge in [-0.3, -0.25) is 4.79 Å². The number of hydrogen-bond acceptors (Lipinski definition) is 2. The fraction of sp³-hybridized carbons (Fsp3) is 0.533. The van der Waals surface area contributed by atoms with Gasteiger partial charge in [-0.25, -0.2) is 0 Å². The molecule has 1 amide bonds. The second kappa shape index (κ2) is 6.53. The van der Waals surface area contributed by atoms with Crippen molar-refractivity contribution < 1.29 is 4.79 Å². The van der Waals surface area contributed by atoms with Gasteiger partial charge >= 0.3 is 0 Å². The lowest BCUT2D eigenvalue weighted by Crippen LogP contribution is -2.45. The quantitative estimate of drug-likeness (QED) is 0.929. The second-order valence-corrected chi connectivity index (χ2v) is 6.18. The summed E-state index contributed by atoms with van der Waals surface area (Å²) in [5, 5.41) is 0. The van der Waals surface area contributed by atoms with Gasteiger partial charge in [0.1, 0.15) is 0 Å². The van der Waals surface area contributed by atoms with E-state index in [9.17, 15) is 4.79 Å². The SMILES string of the molecule is Cc1cc(CCC(=O)N2CCCC(N)C2)ccc1Br. The van der Waals surface area contributed by atoms with Crippen LogP contribution in [-0.2, 0) is 11.2 Å². The molecule has 1 aromatic rings. The first-order valence-corrected chi connectivity index (χ1v) is 7.64. The average Bonchev–Trinajstić information content (AvgIpc) is 2.40. The molecule has 1 aliphatic rings. The van der Waals surface area contributed by atoms with Crippen LogP contribution >= 0.6 is 15.9 Å². The van der Waals surface area contributed by atoms with Gasteiger partial charge in [-0.05, 0) is 43.4 Å². The molecule has 1 atom stereocenters. The maximum atomic E-state index is 12.1. The van der Waals surface area contributed by atoms with Gasteiger partial charge < -0.3 is 10.6 Å². The van der Waals surface area contributed by atoms with Crippen LogP contribution in [0.2, 0.25) is 0 Å². The number of rotatable bonds is 3. The van der Waals surface area contributed by atoms with Crippen LogP contribution in [0.5, 0.6) is 0 Å². The summed E-state index contributed by atoms with van der Waals surface area (Å²) in [7, 11) is 0. The molecule has 1 fully saturated rings. The minimum absolute atomic E-state index is 0.160. The molecule has 2 rings (SSSR count). The summed E-state index contributed by atoms with van der Waals surface area (Å²) < 4.78 is 1.12. The van der Waals surface area contributed by atoms with Crippen molar-refractivity contribution in [3.63, 3.8) is 0 Å². The summed E-state index contributed by atoms with van der Waals surface area (Å²) in [6.07, 6.45) is 3.45. The van der Waals surface area contributed by atoms with Gasteiger partial charge in [-0.15, -0.1) is 0 Å². The lowest BCUT2D eigenvalue weighted by Gasteiger charge is -2.30. The van der Waals surface area contributed by atoms with Crippen LogP contribution < -0.4 is 5.73 Å². The van der Waals surface area contributed by atoms with Crippen molar-refractivity contribution in [1.29, 1.82) is 0 Å². The first kappa shape index (κ1) is 14.5. The molecular formula is C15H21BrN2O. The Hall–Kier alpha value is -0.870. The maximum absolute atomic E-state index is 12.1. The minimum atomic E-state index is 0.160. The van der Waals surface area contributed by atoms with Crippen molar-refractivity contribution in [2.24, 2.45) is 5.73 Å². The molecule has 0 bridgehead atoms. The molecule has 104 valence electrons. The molecule has 0 spiro atoms. The van der Waals surface area contributed by atoms with Crippen LogP contribution in [0.4, 0.5) is 0 Å². The Bertz CT molecular complexity index is 461. The van der Waals surface area contributed by atoms with E-state index in [0.29, 0.717) is 6.42 Å². The van der Waals surface area contributed by atoms with Crippen molar-refractivity contribution in [3.8, 4) is 0 Å². The summed E-state index contributed by atoms with van der Waals surface area (Å²) >= 11 is 3.49. The van der Waals surface area contributed by atoms with Crippen molar-refractivity contribution in [2.45, 2.75) is 38.6 Å². The molecule has 1 unspecified atom stereocenters. The third kappa shape index (κ3) is 4.05. The molecule has 0 aliphatic carbocycles. The minimum Gasteiger partial charge on any atom is -0.341 e. The first-order valence-electron chi connectivity index (χ1n) is 6.84. The Balaban J connectivity index is 1.87. The van der Waals surface area contributed by atoms with Crippen LogP contribution in [0.25, 0.3) is 0 Å². The zero-order chi connectivity index (χ0) is 13.8. The lowest BCUT2D eigenvalue weighted by molar-refractivity contribution is -0.132. The zero-order valence-electron chi connectivity index (χ0n) is 11.4. The fourth-order valence-electron chi connectivity index (χ4n) is 2.51. The number of piperidine rings is 1. The predicted molar refractivity (Wildman–Crippen MR) is 81.0 cm³/mol. The highest BCUT2D eigenvalue weighted by Gasteiger charge is 2.20. The van der Waals surface area contributed by atoms with Crippen molar-refractivity contribution in [2.75, 3.05) is 13.1 Å². The third-order valence-corrected chi connectivity index (χ3v) is 4.55. The zero-order valence-corrected chi connectivity index (χ0v) is 12.9. The van der Waals surface area contributed by atoms with E-state index < -0.39 is 0 Å². The Morgan fingerprint density at radius 3 is 3.00 bits per heavy atom. The summed E-state index contributed by atoms with van der Waals surface area (Å²) in [6, 6.07) is 6.42. The second-order valence-electron chi connectivity index (χ2n) is 5.33. The van der Waals surface area contributed by atoms with Crippen LogP contribution in [0.3, 0.4) is 0 Å². The summed E-state index contributed by atoms with van der Waals surface area (Å²) in [5.74, 6) is 0.232. The number of amides is 1. The molecular weight excluding hydrogens is 304 g/mol. The highest BCUT2D eigenvalue weighted by molar-refractivity contribution is 9.10. The number of carbonyl (C=O) groups excluding carboxylic acids is 1. The van der Waals surface area contributed by atoms with Gasteiger partial charge in [0.05, 0.1) is 0 Å². The Morgan fingerprint density at radius 2 is 2.32 bits per heavy atom. The van der Waals surface area contributed by atoms with Gasteiger partial charge in [0, 0.05) is 30.0 Å². The number of nitrogens with two attached hydrogens (primary N) is 1. The van der Waals surface area contributed by atoms with Crippen LogP contribution in [-0.4, -0.2) is 29.9 Å². The standard InChI is InChI=1S/C15H21BrN2O/c1-11-9-12(4-6-14(11)16)5-7-15(19)18-8-2-3-13(17)10-18/h4,6,9,13H,2-3,5,7-8,10,17H2,1H3. The molecule has 2 N–H and O–H groups in total. The third-order valence-electron chi connectivity index (χ3n) is 3.66. The van der Waals surface area contributed by atoms with Crippen molar-refractivity contribution in [1.82, 2.24) is 4.90 Å². The van der Waals surface area contributed by atoms with E-state index in [0.717, 1.165) is 36.8 Å². The molecule has 4 heteroatoms. The van der Waals surface area contributed by atoms with Gasteiger partial charge in [0.25, 0.3) is 0 Å². The number of benzene rings is 1. The topological polar surface area (TPSA) is 46.3 Å². The van der Waals surface area contributed by atoms with Crippen LogP contribution in [0.15, 0.2) is 22.7 Å². The first-order chi connectivity index (χ1) is 9.06. The average molecular weight is 325 g/mol. The van der Waals surface area contributed by atoms with E-state index in [1.54, 1.807) is 0 Å². The highest BCUT2D eigenvalue weighted by atomic mass is 79.9. The number of halogens is 1. The summed E-state index contributed by atoms with van der Waals surface area (Å²) in [6.45, 7) is 3.66. The molecule has 0 aromatic heterocycles. The largest absolute Gasteiger partial charge is 0.341 e. The molecule has 1 aromatic carbocycles. The molecule has 3 nitrogen and oxygen atoms in total. The molecule has 1 aliphatic heterocycles. The fourth-order valence-corrected chi connectivity index (χ4v) is 2.75. The van der Waals surface area contributed by atoms with Crippen LogP contribution in [0.1, 0.15) is 30.4 Å². The smallest absolute Gasteiger partial charge is 0.222 e. The lowest BCUT2D eigenvalue weighted by atomic mass is 10.0. The van der Waals surface area contributed by atoms with E-state index in [-0.39, 0.29) is 11.9 Å². The van der Waals surface area contributed by atoms with E-state index in [4.69, 9.17) is 5.73 Å². The van der Waals surface area contributed by atoms with Crippen molar-refractivity contribution in [3.05, 3.63) is 33.8 Å². The Morgan fingerprint density at radius 1 is 1.53 bits per heavy atom. The van der Waals surface area contributed by atoms with E-state index in [1.807, 2.05) is 11.0 Å². The molecule has 1 saturated heterocycles. The van der Waals surface area contributed by atoms with Gasteiger partial charge in [-0.1, -0.05) is 28.1 Å². The van der Waals surface area contributed by atoms with Gasteiger partial charge in [0.15, 0.2) is 0 Å². The van der Waals surface area contributed by atoms with E-state index in [1.165, 1.54) is 11.1 Å². The number of aryl methyl sites for hydroxylation is 2. The summed E-state index contributed by atoms with van der Waals surface area (Å²) in [5.41, 5.74) is 8.34. The highest BCUT2D eigenvalue weighted by Crippen LogP contribution is 2.18. The normalized spacial score (nSPS) is 19.5. The van der Waals surface area contributed by atoms with Gasteiger partial charge in [-0.2, -0.15) is 0 Å². The van der Waals surface area contributed by atoms with Crippen molar-refractivity contribution >= 4 is 21.8 Å². The van der Waals surface area contributed by atoms with E-state index >= 15 is 0 Å². The Kier molecular flexibility index (Phi) is 4.99. The number of carbonyl (C=O) groups is 1. The Labute approximate surface area is 123 Å². The number of nitrogens with zero attached hydrogens (tertiary/aromatic N) is 1. The maximum Gasteiger partial charge on any atom is 0.222 e. The molecule has 0 radical (unpaired) electrons. The number of likely N-dealkylation sites (tertiary alicyclic amines) is 1. The molecule has 0 saturated carbocycles. The molecule has 19 heavy (non-hydrogen) atoms.